The molecule has 0 aliphatic carbocycles. The molecule has 0 spiro atoms. The average Bonchev–Trinajstić information content (AvgIpc) is 2.98. The number of hydrogen-bond acceptors (Lipinski definition) is 3. The third kappa shape index (κ3) is 6.01. The van der Waals surface area contributed by atoms with Crippen molar-refractivity contribution in [2.24, 2.45) is 4.99 Å². The molecule has 4 aromatic carbocycles. The summed E-state index contributed by atoms with van der Waals surface area (Å²) in [5, 5.41) is 3.00. The molecular weight excluding hydrogens is 486 g/mol. The first kappa shape index (κ1) is 24.9. The quantitative estimate of drug-likeness (QED) is 0.287. The molecule has 1 fully saturated rings. The number of nitrogens with zero attached hydrogens (tertiary/aromatic N) is 3. The number of likely N-dealkylation sites (tertiary alicyclic amines) is 1. The van der Waals surface area contributed by atoms with Crippen molar-refractivity contribution in [2.45, 2.75) is 31.7 Å². The summed E-state index contributed by atoms with van der Waals surface area (Å²) < 4.78 is 0. The number of piperidine rings is 1. The molecule has 0 saturated carbocycles. The fraction of sp³-hybridized carbons (Fsp3) is 0.265. The zero-order valence-corrected chi connectivity index (χ0v) is 22.5. The minimum atomic E-state index is 0.702. The molecule has 0 radical (unpaired) electrons. The first-order valence-corrected chi connectivity index (χ1v) is 14.1. The van der Waals surface area contributed by atoms with Gasteiger partial charge >= 0.3 is 0 Å². The summed E-state index contributed by atoms with van der Waals surface area (Å²) in [6.45, 7) is 5.08. The summed E-state index contributed by atoms with van der Waals surface area (Å²) in [5.74, 6) is 0.714. The molecule has 0 unspecified atom stereocenters. The Morgan fingerprint density at radius 2 is 1.47 bits per heavy atom. The van der Waals surface area contributed by atoms with Gasteiger partial charge in [-0.2, -0.15) is 0 Å². The molecule has 1 saturated heterocycles. The predicted octanol–water partition coefficient (Wildman–Crippen LogP) is 6.26. The summed E-state index contributed by atoms with van der Waals surface area (Å²) >= 11 is 6.04. The molecule has 38 heavy (non-hydrogen) atoms. The van der Waals surface area contributed by atoms with Crippen LogP contribution in [0.1, 0.15) is 35.4 Å². The molecule has 4 heteroatoms. The smallest absolute Gasteiger partial charge is 0.110 e. The SMILES string of the molecule is Clc1ccc(-c2ccc3c(c2)=NCN(CCc2ccc(CN4CCC(c5ccccc5)CC4)cc2)C=3)cc1. The molecule has 2 aliphatic rings. The molecule has 0 N–H and O–H groups in total. The van der Waals surface area contributed by atoms with Crippen molar-refractivity contribution in [1.29, 1.82) is 0 Å². The maximum atomic E-state index is 6.04. The second-order valence-electron chi connectivity index (χ2n) is 10.5. The van der Waals surface area contributed by atoms with Crippen molar-refractivity contribution < 1.29 is 0 Å². The Morgan fingerprint density at radius 3 is 2.24 bits per heavy atom. The van der Waals surface area contributed by atoms with Crippen molar-refractivity contribution in [3.05, 3.63) is 129 Å². The Bertz CT molecular complexity index is 1470. The van der Waals surface area contributed by atoms with Gasteiger partial charge in [-0.05, 0) is 84.3 Å². The van der Waals surface area contributed by atoms with Crippen LogP contribution in [0.2, 0.25) is 5.02 Å². The molecule has 2 aliphatic heterocycles. The molecule has 3 nitrogen and oxygen atoms in total. The zero-order chi connectivity index (χ0) is 25.7. The van der Waals surface area contributed by atoms with E-state index in [0.717, 1.165) is 35.5 Å². The van der Waals surface area contributed by atoms with E-state index in [9.17, 15) is 0 Å². The Hall–Kier alpha value is -3.40. The van der Waals surface area contributed by atoms with Crippen LogP contribution in [0.4, 0.5) is 0 Å². The summed E-state index contributed by atoms with van der Waals surface area (Å²) in [6, 6.07) is 34.8. The average molecular weight is 520 g/mol. The molecule has 2 heterocycles. The van der Waals surface area contributed by atoms with E-state index in [0.29, 0.717) is 12.6 Å². The molecule has 0 bridgehead atoms. The second-order valence-corrected chi connectivity index (χ2v) is 11.0. The standard InChI is InChI=1S/C34H34ClN3/c35-33-14-12-29(13-15-33)31-10-11-32-24-38(25-36-34(32)22-31)19-16-26-6-8-27(9-7-26)23-37-20-17-30(18-21-37)28-4-2-1-3-5-28/h1-15,22,24,30H,16-21,23,25H2. The Balaban J connectivity index is 1.01. The highest BCUT2D eigenvalue weighted by molar-refractivity contribution is 6.30. The van der Waals surface area contributed by atoms with Crippen LogP contribution in [0.15, 0.2) is 102 Å². The zero-order valence-electron chi connectivity index (χ0n) is 21.8. The van der Waals surface area contributed by atoms with Crippen LogP contribution in [0.3, 0.4) is 0 Å². The van der Waals surface area contributed by atoms with Crippen LogP contribution in [-0.2, 0) is 13.0 Å². The van der Waals surface area contributed by atoms with Crippen LogP contribution >= 0.6 is 11.6 Å². The Kier molecular flexibility index (Phi) is 7.57. The minimum Gasteiger partial charge on any atom is -0.357 e. The van der Waals surface area contributed by atoms with E-state index < -0.39 is 0 Å². The van der Waals surface area contributed by atoms with Gasteiger partial charge in [0.05, 0.1) is 5.36 Å². The fourth-order valence-electron chi connectivity index (χ4n) is 5.64. The van der Waals surface area contributed by atoms with Crippen molar-refractivity contribution in [3.63, 3.8) is 0 Å². The van der Waals surface area contributed by atoms with Gasteiger partial charge in [-0.3, -0.25) is 9.89 Å². The van der Waals surface area contributed by atoms with E-state index in [1.807, 2.05) is 12.1 Å². The van der Waals surface area contributed by atoms with Crippen molar-refractivity contribution in [2.75, 3.05) is 26.3 Å². The molecule has 192 valence electrons. The van der Waals surface area contributed by atoms with E-state index in [1.165, 1.54) is 53.4 Å². The molecule has 0 aromatic heterocycles. The molecule has 0 amide bonds. The monoisotopic (exact) mass is 519 g/mol. The van der Waals surface area contributed by atoms with Crippen LogP contribution in [0, 0.1) is 0 Å². The van der Waals surface area contributed by atoms with Gasteiger partial charge in [-0.15, -0.1) is 0 Å². The lowest BCUT2D eigenvalue weighted by atomic mass is 9.89. The van der Waals surface area contributed by atoms with Crippen LogP contribution in [0.25, 0.3) is 17.3 Å². The predicted molar refractivity (Wildman–Crippen MR) is 158 cm³/mol. The second kappa shape index (κ2) is 11.6. The van der Waals surface area contributed by atoms with Crippen molar-refractivity contribution in [1.82, 2.24) is 9.80 Å². The lowest BCUT2D eigenvalue weighted by Crippen LogP contribution is -2.36. The van der Waals surface area contributed by atoms with Gasteiger partial charge < -0.3 is 4.90 Å². The molecule has 6 rings (SSSR count). The van der Waals surface area contributed by atoms with E-state index >= 15 is 0 Å². The normalized spacial score (nSPS) is 16.0. The van der Waals surface area contributed by atoms with E-state index in [2.05, 4.69) is 101 Å². The highest BCUT2D eigenvalue weighted by Crippen LogP contribution is 2.28. The Morgan fingerprint density at radius 1 is 0.763 bits per heavy atom. The van der Waals surface area contributed by atoms with Crippen molar-refractivity contribution >= 4 is 17.8 Å². The fourth-order valence-corrected chi connectivity index (χ4v) is 5.77. The van der Waals surface area contributed by atoms with E-state index in [-0.39, 0.29) is 0 Å². The first-order chi connectivity index (χ1) is 18.7. The highest BCUT2D eigenvalue weighted by atomic mass is 35.5. The third-order valence-electron chi connectivity index (χ3n) is 7.93. The van der Waals surface area contributed by atoms with Gasteiger partial charge in [-0.1, -0.05) is 90.5 Å². The topological polar surface area (TPSA) is 18.8 Å². The maximum absolute atomic E-state index is 6.04. The summed E-state index contributed by atoms with van der Waals surface area (Å²) in [5.41, 5.74) is 6.63. The Labute approximate surface area is 230 Å². The van der Waals surface area contributed by atoms with Gasteiger partial charge in [0.25, 0.3) is 0 Å². The van der Waals surface area contributed by atoms with E-state index in [4.69, 9.17) is 16.6 Å². The van der Waals surface area contributed by atoms with Gasteiger partial charge in [0.2, 0.25) is 0 Å². The molecule has 0 atom stereocenters. The van der Waals surface area contributed by atoms with Gasteiger partial charge in [-0.25, -0.2) is 0 Å². The largest absolute Gasteiger partial charge is 0.357 e. The van der Waals surface area contributed by atoms with E-state index in [1.54, 1.807) is 0 Å². The highest BCUT2D eigenvalue weighted by Gasteiger charge is 2.20. The third-order valence-corrected chi connectivity index (χ3v) is 8.18. The maximum Gasteiger partial charge on any atom is 0.110 e. The number of benzene rings is 4. The van der Waals surface area contributed by atoms with Crippen LogP contribution in [0.5, 0.6) is 0 Å². The summed E-state index contributed by atoms with van der Waals surface area (Å²) in [4.78, 5) is 9.78. The number of rotatable bonds is 7. The number of hydrogen-bond donors (Lipinski definition) is 0. The molecule has 4 aromatic rings. The van der Waals surface area contributed by atoms with Gasteiger partial charge in [0, 0.05) is 29.5 Å². The van der Waals surface area contributed by atoms with Crippen LogP contribution in [-0.4, -0.2) is 36.1 Å². The van der Waals surface area contributed by atoms with Crippen LogP contribution < -0.4 is 10.6 Å². The lowest BCUT2D eigenvalue weighted by Gasteiger charge is -2.32. The van der Waals surface area contributed by atoms with Gasteiger partial charge in [0.15, 0.2) is 0 Å². The first-order valence-electron chi connectivity index (χ1n) is 13.7. The minimum absolute atomic E-state index is 0.702. The number of fused-ring (bicyclic) bond motifs is 1. The number of halogens is 1. The lowest BCUT2D eigenvalue weighted by molar-refractivity contribution is 0.204. The summed E-state index contributed by atoms with van der Waals surface area (Å²) in [7, 11) is 0. The molecular formula is C34H34ClN3. The van der Waals surface area contributed by atoms with Crippen molar-refractivity contribution in [3.8, 4) is 11.1 Å². The summed E-state index contributed by atoms with van der Waals surface area (Å²) in [6.07, 6.45) is 5.78. The van der Waals surface area contributed by atoms with Gasteiger partial charge in [0.1, 0.15) is 6.67 Å².